The van der Waals surface area contributed by atoms with Crippen molar-refractivity contribution in [3.63, 3.8) is 0 Å². The van der Waals surface area contributed by atoms with Crippen molar-refractivity contribution in [1.82, 2.24) is 15.5 Å². The van der Waals surface area contributed by atoms with Gasteiger partial charge in [-0.15, -0.1) is 0 Å². The molecule has 0 amide bonds. The second-order valence-corrected chi connectivity index (χ2v) is 5.36. The predicted octanol–water partition coefficient (Wildman–Crippen LogP) is 1.73. The highest BCUT2D eigenvalue weighted by atomic mass is 32.1. The molecular formula is C12H25N3S. The van der Waals surface area contributed by atoms with Crippen molar-refractivity contribution in [2.45, 2.75) is 51.6 Å². The molecule has 0 saturated heterocycles. The minimum Gasteiger partial charge on any atom is -0.361 e. The molecule has 0 radical (unpaired) electrons. The van der Waals surface area contributed by atoms with Gasteiger partial charge < -0.3 is 15.5 Å². The Hall–Kier alpha value is -0.350. The number of likely N-dealkylation sites (N-methyl/N-ethyl adjacent to an activating group) is 1. The molecule has 1 aliphatic rings. The smallest absolute Gasteiger partial charge is 0.166 e. The van der Waals surface area contributed by atoms with Crippen LogP contribution in [-0.4, -0.2) is 42.2 Å². The third-order valence-corrected chi connectivity index (χ3v) is 3.58. The van der Waals surface area contributed by atoms with Crippen LogP contribution in [0.5, 0.6) is 0 Å². The molecule has 94 valence electrons. The summed E-state index contributed by atoms with van der Waals surface area (Å²) in [5, 5.41) is 7.48. The first-order chi connectivity index (χ1) is 7.59. The van der Waals surface area contributed by atoms with Gasteiger partial charge in [-0.2, -0.15) is 0 Å². The number of hydrogen-bond donors (Lipinski definition) is 2. The fourth-order valence-corrected chi connectivity index (χ4v) is 2.18. The molecule has 0 aliphatic heterocycles. The van der Waals surface area contributed by atoms with Crippen molar-refractivity contribution in [3.05, 3.63) is 0 Å². The summed E-state index contributed by atoms with van der Waals surface area (Å²) in [6, 6.07) is 1.21. The van der Waals surface area contributed by atoms with Crippen molar-refractivity contribution >= 4 is 17.3 Å². The largest absolute Gasteiger partial charge is 0.361 e. The van der Waals surface area contributed by atoms with Gasteiger partial charge in [-0.05, 0) is 46.0 Å². The van der Waals surface area contributed by atoms with Crippen LogP contribution in [0.1, 0.15) is 39.5 Å². The summed E-state index contributed by atoms with van der Waals surface area (Å²) in [6.07, 6.45) is 5.23. The number of thiocarbonyl (C=S) groups is 1. The molecule has 1 rings (SSSR count). The van der Waals surface area contributed by atoms with Crippen molar-refractivity contribution in [2.75, 3.05) is 20.1 Å². The number of rotatable bonds is 5. The SMILES string of the molecule is CC(C)N(C)CCNC(=S)NC1CCCC1. The molecule has 0 aromatic carbocycles. The van der Waals surface area contributed by atoms with Gasteiger partial charge in [0.15, 0.2) is 5.11 Å². The fourth-order valence-electron chi connectivity index (χ4n) is 1.91. The topological polar surface area (TPSA) is 27.3 Å². The first-order valence-electron chi connectivity index (χ1n) is 6.34. The summed E-state index contributed by atoms with van der Waals surface area (Å²) in [7, 11) is 2.14. The monoisotopic (exact) mass is 243 g/mol. The van der Waals surface area contributed by atoms with Crippen LogP contribution >= 0.6 is 12.2 Å². The second kappa shape index (κ2) is 7.07. The van der Waals surface area contributed by atoms with Gasteiger partial charge >= 0.3 is 0 Å². The van der Waals surface area contributed by atoms with Crippen LogP contribution in [0, 0.1) is 0 Å². The minimum atomic E-state index is 0.596. The third-order valence-electron chi connectivity index (χ3n) is 3.32. The highest BCUT2D eigenvalue weighted by Crippen LogP contribution is 2.17. The van der Waals surface area contributed by atoms with E-state index in [-0.39, 0.29) is 0 Å². The maximum absolute atomic E-state index is 5.27. The van der Waals surface area contributed by atoms with Crippen molar-refractivity contribution in [2.24, 2.45) is 0 Å². The Labute approximate surface area is 105 Å². The van der Waals surface area contributed by atoms with Gasteiger partial charge in [-0.3, -0.25) is 0 Å². The third kappa shape index (κ3) is 5.12. The highest BCUT2D eigenvalue weighted by Gasteiger charge is 2.15. The normalized spacial score (nSPS) is 17.1. The first-order valence-corrected chi connectivity index (χ1v) is 6.75. The molecule has 4 heteroatoms. The summed E-state index contributed by atoms with van der Waals surface area (Å²) in [5.74, 6) is 0. The summed E-state index contributed by atoms with van der Waals surface area (Å²) in [6.45, 7) is 6.36. The minimum absolute atomic E-state index is 0.596. The lowest BCUT2D eigenvalue weighted by Crippen LogP contribution is -2.43. The average molecular weight is 243 g/mol. The number of hydrogen-bond acceptors (Lipinski definition) is 2. The van der Waals surface area contributed by atoms with Gasteiger partial charge in [-0.1, -0.05) is 12.8 Å². The molecule has 0 spiro atoms. The van der Waals surface area contributed by atoms with Crippen LogP contribution < -0.4 is 10.6 Å². The molecule has 0 aromatic rings. The quantitative estimate of drug-likeness (QED) is 0.719. The van der Waals surface area contributed by atoms with Gasteiger partial charge in [0.05, 0.1) is 0 Å². The fraction of sp³-hybridized carbons (Fsp3) is 0.917. The number of nitrogens with zero attached hydrogens (tertiary/aromatic N) is 1. The summed E-state index contributed by atoms with van der Waals surface area (Å²) >= 11 is 5.27. The molecule has 0 atom stereocenters. The first kappa shape index (κ1) is 13.7. The molecule has 1 aliphatic carbocycles. The Morgan fingerprint density at radius 3 is 2.56 bits per heavy atom. The van der Waals surface area contributed by atoms with Crippen LogP contribution in [-0.2, 0) is 0 Å². The maximum atomic E-state index is 5.27. The van der Waals surface area contributed by atoms with Gasteiger partial charge in [0, 0.05) is 25.2 Å². The molecule has 1 saturated carbocycles. The Morgan fingerprint density at radius 1 is 1.38 bits per heavy atom. The van der Waals surface area contributed by atoms with E-state index in [1.54, 1.807) is 0 Å². The lowest BCUT2D eigenvalue weighted by molar-refractivity contribution is 0.278. The van der Waals surface area contributed by atoms with Crippen LogP contribution in [0.3, 0.4) is 0 Å². The van der Waals surface area contributed by atoms with Crippen LogP contribution in [0.15, 0.2) is 0 Å². The van der Waals surface area contributed by atoms with E-state index in [9.17, 15) is 0 Å². The van der Waals surface area contributed by atoms with Crippen molar-refractivity contribution < 1.29 is 0 Å². The summed E-state index contributed by atoms with van der Waals surface area (Å²) in [4.78, 5) is 2.31. The molecule has 2 N–H and O–H groups in total. The molecular weight excluding hydrogens is 218 g/mol. The average Bonchev–Trinajstić information content (AvgIpc) is 2.70. The van der Waals surface area contributed by atoms with E-state index in [1.807, 2.05) is 0 Å². The Bertz CT molecular complexity index is 212. The molecule has 0 aromatic heterocycles. The van der Waals surface area contributed by atoms with Crippen LogP contribution in [0.2, 0.25) is 0 Å². The van der Waals surface area contributed by atoms with E-state index in [0.717, 1.165) is 18.2 Å². The van der Waals surface area contributed by atoms with Crippen molar-refractivity contribution in [1.29, 1.82) is 0 Å². The lowest BCUT2D eigenvalue weighted by atomic mass is 10.3. The van der Waals surface area contributed by atoms with E-state index in [4.69, 9.17) is 12.2 Å². The summed E-state index contributed by atoms with van der Waals surface area (Å²) < 4.78 is 0. The Morgan fingerprint density at radius 2 is 2.00 bits per heavy atom. The van der Waals surface area contributed by atoms with Crippen molar-refractivity contribution in [3.8, 4) is 0 Å². The van der Waals surface area contributed by atoms with E-state index < -0.39 is 0 Å². The standard InChI is InChI=1S/C12H25N3S/c1-10(2)15(3)9-8-13-12(16)14-11-6-4-5-7-11/h10-11H,4-9H2,1-3H3,(H2,13,14,16). The lowest BCUT2D eigenvalue weighted by Gasteiger charge is -2.22. The van der Waals surface area contributed by atoms with E-state index >= 15 is 0 Å². The second-order valence-electron chi connectivity index (χ2n) is 4.96. The zero-order valence-electron chi connectivity index (χ0n) is 10.8. The molecule has 16 heavy (non-hydrogen) atoms. The maximum Gasteiger partial charge on any atom is 0.166 e. The molecule has 0 heterocycles. The Balaban J connectivity index is 2.05. The van der Waals surface area contributed by atoms with Gasteiger partial charge in [0.2, 0.25) is 0 Å². The molecule has 1 fully saturated rings. The molecule has 0 unspecified atom stereocenters. The van der Waals surface area contributed by atoms with Gasteiger partial charge in [0.1, 0.15) is 0 Å². The van der Waals surface area contributed by atoms with Gasteiger partial charge in [-0.25, -0.2) is 0 Å². The zero-order chi connectivity index (χ0) is 12.0. The van der Waals surface area contributed by atoms with Crippen LogP contribution in [0.4, 0.5) is 0 Å². The van der Waals surface area contributed by atoms with E-state index in [1.165, 1.54) is 25.7 Å². The van der Waals surface area contributed by atoms with E-state index in [0.29, 0.717) is 12.1 Å². The Kier molecular flexibility index (Phi) is 6.06. The number of nitrogens with one attached hydrogen (secondary N) is 2. The molecule has 0 bridgehead atoms. The highest BCUT2D eigenvalue weighted by molar-refractivity contribution is 7.80. The van der Waals surface area contributed by atoms with Crippen LogP contribution in [0.25, 0.3) is 0 Å². The summed E-state index contributed by atoms with van der Waals surface area (Å²) in [5.41, 5.74) is 0. The predicted molar refractivity (Wildman–Crippen MR) is 73.8 cm³/mol. The van der Waals surface area contributed by atoms with Gasteiger partial charge in [0.25, 0.3) is 0 Å². The molecule has 3 nitrogen and oxygen atoms in total. The zero-order valence-corrected chi connectivity index (χ0v) is 11.6. The van der Waals surface area contributed by atoms with E-state index in [2.05, 4.69) is 36.4 Å².